The molecule has 0 aliphatic rings. The minimum Gasteiger partial charge on any atom is -0.395 e. The second-order valence-corrected chi connectivity index (χ2v) is 7.03. The van der Waals surface area contributed by atoms with Gasteiger partial charge in [0.15, 0.2) is 0 Å². The van der Waals surface area contributed by atoms with Gasteiger partial charge in [0.25, 0.3) is 5.91 Å². The summed E-state index contributed by atoms with van der Waals surface area (Å²) in [5.74, 6) is -0.544. The molecule has 0 saturated carbocycles. The first-order valence-electron chi connectivity index (χ1n) is 9.23. The Labute approximate surface area is 161 Å². The van der Waals surface area contributed by atoms with Crippen LogP contribution in [-0.2, 0) is 11.3 Å². The Balaban J connectivity index is 2.15. The van der Waals surface area contributed by atoms with Gasteiger partial charge < -0.3 is 15.3 Å². The number of benzene rings is 2. The van der Waals surface area contributed by atoms with E-state index in [0.29, 0.717) is 12.1 Å². The lowest BCUT2D eigenvalue weighted by atomic mass is 10.0. The molecule has 0 bridgehead atoms. The number of carbonyl (C=O) groups excluding carboxylic acids is 2. The Bertz CT molecular complexity index is 742. The van der Waals surface area contributed by atoms with Crippen LogP contribution in [0.4, 0.5) is 0 Å². The maximum atomic E-state index is 13.1. The number of amides is 2. The van der Waals surface area contributed by atoms with Crippen LogP contribution in [0.3, 0.4) is 0 Å². The topological polar surface area (TPSA) is 69.6 Å². The summed E-state index contributed by atoms with van der Waals surface area (Å²) in [6, 6.07) is 16.2. The normalized spacial score (nSPS) is 11.9. The van der Waals surface area contributed by atoms with Crippen LogP contribution in [0.25, 0.3) is 0 Å². The highest BCUT2D eigenvalue weighted by Gasteiger charge is 2.28. The second-order valence-electron chi connectivity index (χ2n) is 7.03. The standard InChI is InChI=1S/C22H28N2O3/c1-16(2)20(23-21(26)19-11-9-17(3)10-12-19)22(27)24(13-14-25)15-18-7-5-4-6-8-18/h4-12,16,20,25H,13-15H2,1-3H3,(H,23,26). The van der Waals surface area contributed by atoms with Gasteiger partial charge in [-0.3, -0.25) is 9.59 Å². The predicted molar refractivity (Wildman–Crippen MR) is 106 cm³/mol. The van der Waals surface area contributed by atoms with Gasteiger partial charge in [-0.15, -0.1) is 0 Å². The fraction of sp³-hybridized carbons (Fsp3) is 0.364. The molecule has 0 saturated heterocycles. The number of hydrogen-bond acceptors (Lipinski definition) is 3. The third kappa shape index (κ3) is 5.93. The van der Waals surface area contributed by atoms with Crippen LogP contribution in [0.1, 0.15) is 35.3 Å². The zero-order valence-corrected chi connectivity index (χ0v) is 16.2. The highest BCUT2D eigenvalue weighted by molar-refractivity contribution is 5.97. The Morgan fingerprint density at radius 2 is 1.67 bits per heavy atom. The lowest BCUT2D eigenvalue weighted by molar-refractivity contribution is -0.135. The van der Waals surface area contributed by atoms with Gasteiger partial charge in [-0.05, 0) is 30.5 Å². The fourth-order valence-electron chi connectivity index (χ4n) is 2.83. The van der Waals surface area contributed by atoms with E-state index in [1.54, 1.807) is 17.0 Å². The zero-order chi connectivity index (χ0) is 19.8. The third-order valence-corrected chi connectivity index (χ3v) is 4.43. The van der Waals surface area contributed by atoms with Crippen LogP contribution in [0.2, 0.25) is 0 Å². The molecule has 0 heterocycles. The molecule has 0 spiro atoms. The summed E-state index contributed by atoms with van der Waals surface area (Å²) in [6.07, 6.45) is 0. The average molecular weight is 368 g/mol. The van der Waals surface area contributed by atoms with Crippen molar-refractivity contribution in [3.63, 3.8) is 0 Å². The Morgan fingerprint density at radius 1 is 1.04 bits per heavy atom. The summed E-state index contributed by atoms with van der Waals surface area (Å²) < 4.78 is 0. The monoisotopic (exact) mass is 368 g/mol. The number of rotatable bonds is 8. The quantitative estimate of drug-likeness (QED) is 0.753. The highest BCUT2D eigenvalue weighted by Crippen LogP contribution is 2.12. The molecule has 2 N–H and O–H groups in total. The van der Waals surface area contributed by atoms with Crippen molar-refractivity contribution in [3.05, 3.63) is 71.3 Å². The SMILES string of the molecule is Cc1ccc(C(=O)NC(C(=O)N(CCO)Cc2ccccc2)C(C)C)cc1. The minimum absolute atomic E-state index is 0.0798. The highest BCUT2D eigenvalue weighted by atomic mass is 16.3. The first kappa shape index (κ1) is 20.6. The van der Waals surface area contributed by atoms with E-state index in [9.17, 15) is 14.7 Å². The number of aryl methyl sites for hydroxylation is 1. The molecule has 5 nitrogen and oxygen atoms in total. The Kier molecular flexibility index (Phi) is 7.55. The molecule has 0 aliphatic heterocycles. The van der Waals surface area contributed by atoms with Gasteiger partial charge in [-0.25, -0.2) is 0 Å². The molecule has 5 heteroatoms. The summed E-state index contributed by atoms with van der Waals surface area (Å²) in [7, 11) is 0. The van der Waals surface area contributed by atoms with Gasteiger partial charge in [-0.2, -0.15) is 0 Å². The van der Waals surface area contributed by atoms with Gasteiger partial charge in [0, 0.05) is 18.7 Å². The van der Waals surface area contributed by atoms with Crippen molar-refractivity contribution < 1.29 is 14.7 Å². The maximum absolute atomic E-state index is 13.1. The van der Waals surface area contributed by atoms with E-state index in [4.69, 9.17) is 0 Å². The molecule has 144 valence electrons. The fourth-order valence-corrected chi connectivity index (χ4v) is 2.83. The maximum Gasteiger partial charge on any atom is 0.251 e. The van der Waals surface area contributed by atoms with E-state index < -0.39 is 6.04 Å². The number of carbonyl (C=O) groups is 2. The van der Waals surface area contributed by atoms with Crippen molar-refractivity contribution >= 4 is 11.8 Å². The second kappa shape index (κ2) is 9.88. The van der Waals surface area contributed by atoms with Gasteiger partial charge >= 0.3 is 0 Å². The third-order valence-electron chi connectivity index (χ3n) is 4.43. The molecule has 1 unspecified atom stereocenters. The number of aliphatic hydroxyl groups is 1. The molecule has 0 aromatic heterocycles. The molecule has 1 atom stereocenters. The smallest absolute Gasteiger partial charge is 0.251 e. The average Bonchev–Trinajstić information content (AvgIpc) is 2.66. The summed E-state index contributed by atoms with van der Waals surface area (Å²) >= 11 is 0. The molecule has 2 amide bonds. The number of nitrogens with zero attached hydrogens (tertiary/aromatic N) is 1. The van der Waals surface area contributed by atoms with Gasteiger partial charge in [-0.1, -0.05) is 61.9 Å². The molecule has 0 radical (unpaired) electrons. The molecule has 2 aromatic rings. The molecule has 0 aliphatic carbocycles. The lowest BCUT2D eigenvalue weighted by Gasteiger charge is -2.29. The molecule has 2 aromatic carbocycles. The minimum atomic E-state index is -0.658. The van der Waals surface area contributed by atoms with Crippen LogP contribution >= 0.6 is 0 Å². The van der Waals surface area contributed by atoms with Crippen LogP contribution in [0, 0.1) is 12.8 Å². The first-order valence-corrected chi connectivity index (χ1v) is 9.23. The number of aliphatic hydroxyl groups excluding tert-OH is 1. The summed E-state index contributed by atoms with van der Waals surface area (Å²) in [6.45, 7) is 6.24. The Hall–Kier alpha value is -2.66. The molecular formula is C22H28N2O3. The summed E-state index contributed by atoms with van der Waals surface area (Å²) in [4.78, 5) is 27.3. The van der Waals surface area contributed by atoms with Crippen molar-refractivity contribution in [3.8, 4) is 0 Å². The Morgan fingerprint density at radius 3 is 2.22 bits per heavy atom. The van der Waals surface area contributed by atoms with E-state index in [1.807, 2.05) is 63.2 Å². The first-order chi connectivity index (χ1) is 12.9. The molecule has 0 fully saturated rings. The summed E-state index contributed by atoms with van der Waals surface area (Å²) in [5.41, 5.74) is 2.57. The van der Waals surface area contributed by atoms with E-state index in [0.717, 1.165) is 11.1 Å². The van der Waals surface area contributed by atoms with Crippen molar-refractivity contribution in [2.24, 2.45) is 5.92 Å². The molecular weight excluding hydrogens is 340 g/mol. The van der Waals surface area contributed by atoms with E-state index in [2.05, 4.69) is 5.32 Å². The van der Waals surface area contributed by atoms with Crippen molar-refractivity contribution in [2.75, 3.05) is 13.2 Å². The van der Waals surface area contributed by atoms with Crippen molar-refractivity contribution in [1.29, 1.82) is 0 Å². The van der Waals surface area contributed by atoms with Crippen LogP contribution in [0.5, 0.6) is 0 Å². The van der Waals surface area contributed by atoms with Gasteiger partial charge in [0.1, 0.15) is 6.04 Å². The largest absolute Gasteiger partial charge is 0.395 e. The molecule has 27 heavy (non-hydrogen) atoms. The van der Waals surface area contributed by atoms with Crippen LogP contribution in [-0.4, -0.2) is 41.0 Å². The zero-order valence-electron chi connectivity index (χ0n) is 16.2. The van der Waals surface area contributed by atoms with Crippen LogP contribution in [0.15, 0.2) is 54.6 Å². The molecule has 2 rings (SSSR count). The number of nitrogens with one attached hydrogen (secondary N) is 1. The number of hydrogen-bond donors (Lipinski definition) is 2. The van der Waals surface area contributed by atoms with Crippen molar-refractivity contribution in [1.82, 2.24) is 10.2 Å². The van der Waals surface area contributed by atoms with Gasteiger partial charge in [0.05, 0.1) is 6.61 Å². The van der Waals surface area contributed by atoms with E-state index >= 15 is 0 Å². The summed E-state index contributed by atoms with van der Waals surface area (Å²) in [5, 5.41) is 12.3. The predicted octanol–water partition coefficient (Wildman–Crippen LogP) is 2.77. The van der Waals surface area contributed by atoms with E-state index in [1.165, 1.54) is 0 Å². The van der Waals surface area contributed by atoms with Gasteiger partial charge in [0.2, 0.25) is 5.91 Å². The van der Waals surface area contributed by atoms with E-state index in [-0.39, 0.29) is 30.9 Å². The van der Waals surface area contributed by atoms with Crippen LogP contribution < -0.4 is 5.32 Å². The lowest BCUT2D eigenvalue weighted by Crippen LogP contribution is -2.51. The van der Waals surface area contributed by atoms with Crippen molar-refractivity contribution in [2.45, 2.75) is 33.4 Å².